The maximum absolute atomic E-state index is 14.4. The number of aliphatic imine (C=N–C) groups is 1. The first-order valence-electron chi connectivity index (χ1n) is 9.37. The molecule has 6 nitrogen and oxygen atoms in total. The molecule has 1 fully saturated rings. The highest BCUT2D eigenvalue weighted by Crippen LogP contribution is 2.37. The van der Waals surface area contributed by atoms with Crippen LogP contribution in [0.2, 0.25) is 0 Å². The highest BCUT2D eigenvalue weighted by Gasteiger charge is 2.34. The van der Waals surface area contributed by atoms with Crippen LogP contribution >= 0.6 is 15.9 Å². The lowest BCUT2D eigenvalue weighted by Gasteiger charge is -2.31. The minimum atomic E-state index is -0.818. The van der Waals surface area contributed by atoms with Gasteiger partial charge in [-0.25, -0.2) is 4.99 Å². The second-order valence-electron chi connectivity index (χ2n) is 7.25. The number of rotatable bonds is 3. The molecule has 0 spiro atoms. The number of nitrogens with zero attached hydrogens (tertiary/aromatic N) is 3. The second kappa shape index (κ2) is 7.75. The first-order valence-corrected chi connectivity index (χ1v) is 10.2. The minimum absolute atomic E-state index is 0.00313. The number of carbonyl (C=O) groups is 2. The van der Waals surface area contributed by atoms with E-state index >= 15 is 0 Å². The molecule has 8 heteroatoms. The third-order valence-electron chi connectivity index (χ3n) is 5.30. The number of amides is 1. The van der Waals surface area contributed by atoms with Crippen LogP contribution < -0.4 is 4.90 Å². The molecular weight excluding hydrogens is 429 g/mol. The van der Waals surface area contributed by atoms with E-state index in [1.54, 1.807) is 9.80 Å². The summed E-state index contributed by atoms with van der Waals surface area (Å²) < 4.78 is 20.6. The molecule has 1 amide bonds. The van der Waals surface area contributed by atoms with Crippen molar-refractivity contribution in [3.05, 3.63) is 39.9 Å². The molecule has 3 aliphatic rings. The Morgan fingerprint density at radius 3 is 2.86 bits per heavy atom. The third-order valence-corrected chi connectivity index (χ3v) is 6.04. The Morgan fingerprint density at radius 1 is 1.36 bits per heavy atom. The summed E-state index contributed by atoms with van der Waals surface area (Å²) >= 11 is 3.55. The zero-order chi connectivity index (χ0) is 19.8. The molecule has 0 aromatic heterocycles. The van der Waals surface area contributed by atoms with E-state index in [2.05, 4.69) is 20.9 Å². The Morgan fingerprint density at radius 2 is 2.11 bits per heavy atom. The largest absolute Gasteiger partial charge is 0.378 e. The molecule has 3 aliphatic heterocycles. The van der Waals surface area contributed by atoms with Gasteiger partial charge in [0.25, 0.3) is 0 Å². The molecule has 1 atom stereocenters. The van der Waals surface area contributed by atoms with Gasteiger partial charge in [-0.1, -0.05) is 22.0 Å². The van der Waals surface area contributed by atoms with Gasteiger partial charge in [0.05, 0.1) is 26.1 Å². The molecule has 28 heavy (non-hydrogen) atoms. The maximum Gasteiger partial charge on any atom is 0.232 e. The van der Waals surface area contributed by atoms with Gasteiger partial charge >= 0.3 is 0 Å². The van der Waals surface area contributed by atoms with Gasteiger partial charge in [0.1, 0.15) is 0 Å². The molecule has 0 saturated carbocycles. The van der Waals surface area contributed by atoms with E-state index in [9.17, 15) is 14.0 Å². The van der Waals surface area contributed by atoms with E-state index < -0.39 is 11.6 Å². The monoisotopic (exact) mass is 449 g/mol. The molecule has 0 N–H and O–H groups in total. The molecule has 0 aliphatic carbocycles. The van der Waals surface area contributed by atoms with Gasteiger partial charge in [0, 0.05) is 35.0 Å². The fraction of sp³-hybridized carbons (Fsp3) is 0.450. The number of fused-ring (bicyclic) bond motifs is 1. The van der Waals surface area contributed by atoms with E-state index in [1.165, 1.54) is 0 Å². The molecule has 1 unspecified atom stereocenters. The Labute approximate surface area is 171 Å². The SMILES string of the molecule is CC1Cc2c(Br)cccc2N1C(=O)CC1=NC(N2CCOCC2)=C(F)C(=O)C1. The number of allylic oxidation sites excluding steroid dienone is 1. The lowest BCUT2D eigenvalue weighted by Crippen LogP contribution is -2.39. The topological polar surface area (TPSA) is 62.2 Å². The van der Waals surface area contributed by atoms with Crippen molar-refractivity contribution in [2.75, 3.05) is 31.2 Å². The van der Waals surface area contributed by atoms with E-state index in [0.29, 0.717) is 32.0 Å². The Balaban J connectivity index is 1.56. The van der Waals surface area contributed by atoms with Crippen molar-refractivity contribution in [2.24, 2.45) is 4.99 Å². The number of ketones is 1. The van der Waals surface area contributed by atoms with Crippen LogP contribution in [-0.4, -0.2) is 54.6 Å². The number of carbonyl (C=O) groups excluding carboxylic acids is 2. The summed E-state index contributed by atoms with van der Waals surface area (Å²) in [4.78, 5) is 33.0. The van der Waals surface area contributed by atoms with Gasteiger partial charge in [-0.15, -0.1) is 0 Å². The zero-order valence-corrected chi connectivity index (χ0v) is 17.2. The lowest BCUT2D eigenvalue weighted by atomic mass is 10.1. The summed E-state index contributed by atoms with van der Waals surface area (Å²) in [6, 6.07) is 5.81. The summed E-state index contributed by atoms with van der Waals surface area (Å²) in [6.07, 6.45) is 0.615. The lowest BCUT2D eigenvalue weighted by molar-refractivity contribution is -0.117. The van der Waals surface area contributed by atoms with Crippen molar-refractivity contribution in [3.63, 3.8) is 0 Å². The van der Waals surface area contributed by atoms with Gasteiger partial charge in [-0.05, 0) is 31.0 Å². The fourth-order valence-electron chi connectivity index (χ4n) is 3.95. The average Bonchev–Trinajstić information content (AvgIpc) is 3.02. The highest BCUT2D eigenvalue weighted by molar-refractivity contribution is 9.10. The molecule has 4 rings (SSSR count). The summed E-state index contributed by atoms with van der Waals surface area (Å²) in [5, 5.41) is 0. The molecule has 1 aromatic rings. The van der Waals surface area contributed by atoms with Crippen molar-refractivity contribution in [1.29, 1.82) is 0 Å². The Hall–Kier alpha value is -2.06. The quantitative estimate of drug-likeness (QED) is 0.711. The van der Waals surface area contributed by atoms with Crippen LogP contribution in [0.1, 0.15) is 25.3 Å². The van der Waals surface area contributed by atoms with Crippen molar-refractivity contribution < 1.29 is 18.7 Å². The number of benzene rings is 1. The van der Waals surface area contributed by atoms with Crippen LogP contribution in [0, 0.1) is 0 Å². The Kier molecular flexibility index (Phi) is 5.33. The number of anilines is 1. The van der Waals surface area contributed by atoms with Crippen molar-refractivity contribution in [2.45, 2.75) is 32.2 Å². The van der Waals surface area contributed by atoms with Gasteiger partial charge in [-0.3, -0.25) is 9.59 Å². The molecule has 3 heterocycles. The second-order valence-corrected chi connectivity index (χ2v) is 8.10. The standard InChI is InChI=1S/C20H21BrFN3O3/c1-12-9-14-15(21)3-2-4-16(14)25(12)18(27)11-13-10-17(26)19(22)20(23-13)24-5-7-28-8-6-24/h2-4,12H,5-11H2,1H3. The van der Waals surface area contributed by atoms with E-state index in [-0.39, 0.29) is 30.6 Å². The maximum atomic E-state index is 14.4. The van der Waals surface area contributed by atoms with Crippen LogP contribution in [-0.2, 0) is 20.7 Å². The summed E-state index contributed by atoms with van der Waals surface area (Å²) in [7, 11) is 0. The normalized spacial score (nSPS) is 22.5. The minimum Gasteiger partial charge on any atom is -0.378 e. The highest BCUT2D eigenvalue weighted by atomic mass is 79.9. The van der Waals surface area contributed by atoms with Gasteiger partial charge in [0.15, 0.2) is 5.82 Å². The summed E-state index contributed by atoms with van der Waals surface area (Å²) in [5.74, 6) is -1.52. The van der Waals surface area contributed by atoms with Gasteiger partial charge in [-0.2, -0.15) is 4.39 Å². The molecule has 1 saturated heterocycles. The number of hydrogen-bond donors (Lipinski definition) is 0. The van der Waals surface area contributed by atoms with Gasteiger partial charge < -0.3 is 14.5 Å². The predicted octanol–water partition coefficient (Wildman–Crippen LogP) is 3.00. The number of Topliss-reactive ketones (excluding diaryl/α,β-unsaturated/α-hetero) is 1. The summed E-state index contributed by atoms with van der Waals surface area (Å²) in [6.45, 7) is 3.88. The smallest absolute Gasteiger partial charge is 0.232 e. The van der Waals surface area contributed by atoms with Crippen LogP contribution in [0.25, 0.3) is 0 Å². The predicted molar refractivity (Wildman–Crippen MR) is 107 cm³/mol. The van der Waals surface area contributed by atoms with Gasteiger partial charge in [0.2, 0.25) is 17.5 Å². The number of hydrogen-bond acceptors (Lipinski definition) is 5. The van der Waals surface area contributed by atoms with Crippen LogP contribution in [0.15, 0.2) is 39.3 Å². The van der Waals surface area contributed by atoms with Crippen molar-refractivity contribution in [3.8, 4) is 0 Å². The fourth-order valence-corrected chi connectivity index (χ4v) is 4.47. The third kappa shape index (κ3) is 3.51. The van der Waals surface area contributed by atoms with Crippen LogP contribution in [0.4, 0.5) is 10.1 Å². The molecule has 0 radical (unpaired) electrons. The average molecular weight is 450 g/mol. The number of ether oxygens (including phenoxy) is 1. The first kappa shape index (κ1) is 19.3. The number of morpholine rings is 1. The molecule has 0 bridgehead atoms. The first-order chi connectivity index (χ1) is 13.5. The molecule has 148 valence electrons. The zero-order valence-electron chi connectivity index (χ0n) is 15.6. The summed E-state index contributed by atoms with van der Waals surface area (Å²) in [5.41, 5.74) is 2.39. The van der Waals surface area contributed by atoms with Crippen LogP contribution in [0.5, 0.6) is 0 Å². The van der Waals surface area contributed by atoms with Crippen molar-refractivity contribution in [1.82, 2.24) is 4.90 Å². The van der Waals surface area contributed by atoms with E-state index in [0.717, 1.165) is 22.1 Å². The Bertz CT molecular complexity index is 893. The van der Waals surface area contributed by atoms with E-state index in [1.807, 2.05) is 25.1 Å². The van der Waals surface area contributed by atoms with E-state index in [4.69, 9.17) is 4.74 Å². The number of halogens is 2. The van der Waals surface area contributed by atoms with Crippen molar-refractivity contribution >= 4 is 39.0 Å². The molecular formula is C20H21BrFN3O3. The molecule has 1 aromatic carbocycles. The van der Waals surface area contributed by atoms with Crippen LogP contribution in [0.3, 0.4) is 0 Å².